The van der Waals surface area contributed by atoms with Gasteiger partial charge in [0.15, 0.2) is 5.76 Å². The summed E-state index contributed by atoms with van der Waals surface area (Å²) in [7, 11) is 0. The fourth-order valence-electron chi connectivity index (χ4n) is 2.83. The van der Waals surface area contributed by atoms with E-state index in [1.807, 2.05) is 36.9 Å². The number of benzene rings is 1. The van der Waals surface area contributed by atoms with Crippen molar-refractivity contribution in [2.24, 2.45) is 5.73 Å². The fraction of sp³-hybridized carbons (Fsp3) is 0.438. The zero-order chi connectivity index (χ0) is 14.3. The molecule has 2 N–H and O–H groups in total. The van der Waals surface area contributed by atoms with Crippen LogP contribution in [0.4, 0.5) is 0 Å². The monoisotopic (exact) mass is 308 g/mol. The van der Waals surface area contributed by atoms with E-state index in [4.69, 9.17) is 10.2 Å². The Bertz CT molecular complexity index is 658. The van der Waals surface area contributed by atoms with E-state index < -0.39 is 0 Å². The molecule has 0 atom stereocenters. The molecule has 0 bridgehead atoms. The highest BCUT2D eigenvalue weighted by Gasteiger charge is 2.26. The van der Waals surface area contributed by atoms with Crippen LogP contribution >= 0.6 is 12.4 Å². The first-order valence-corrected chi connectivity index (χ1v) is 7.11. The van der Waals surface area contributed by atoms with Crippen molar-refractivity contribution < 1.29 is 9.21 Å². The van der Waals surface area contributed by atoms with E-state index in [0.717, 1.165) is 48.0 Å². The molecule has 2 aromatic rings. The molecule has 0 aliphatic carbocycles. The molecule has 1 aliphatic heterocycles. The minimum Gasteiger partial charge on any atom is -0.450 e. The molecule has 5 heteroatoms. The maximum atomic E-state index is 12.6. The van der Waals surface area contributed by atoms with E-state index in [1.165, 1.54) is 0 Å². The van der Waals surface area contributed by atoms with Crippen LogP contribution in [0.2, 0.25) is 0 Å². The Kier molecular flexibility index (Phi) is 4.59. The molecule has 1 saturated heterocycles. The fourth-order valence-corrected chi connectivity index (χ4v) is 2.83. The molecule has 3 rings (SSSR count). The third kappa shape index (κ3) is 2.78. The van der Waals surface area contributed by atoms with Gasteiger partial charge in [-0.15, -0.1) is 12.4 Å². The summed E-state index contributed by atoms with van der Waals surface area (Å²) in [6, 6.07) is 6.22. The molecular weight excluding hydrogens is 288 g/mol. The topological polar surface area (TPSA) is 59.5 Å². The Labute approximate surface area is 130 Å². The van der Waals surface area contributed by atoms with E-state index >= 15 is 0 Å². The van der Waals surface area contributed by atoms with E-state index in [0.29, 0.717) is 5.76 Å². The van der Waals surface area contributed by atoms with E-state index in [9.17, 15) is 4.79 Å². The quantitative estimate of drug-likeness (QED) is 0.881. The lowest BCUT2D eigenvalue weighted by Crippen LogP contribution is -2.42. The number of nitrogens with zero attached hydrogens (tertiary/aromatic N) is 1. The number of para-hydroxylation sites is 1. The molecule has 0 radical (unpaired) electrons. The summed E-state index contributed by atoms with van der Waals surface area (Å²) in [6.07, 6.45) is 1.73. The molecule has 1 aromatic heterocycles. The number of nitrogens with two attached hydrogens (primary N) is 1. The lowest BCUT2D eigenvalue weighted by Gasteiger charge is -2.29. The van der Waals surface area contributed by atoms with Crippen molar-refractivity contribution in [1.29, 1.82) is 0 Å². The van der Waals surface area contributed by atoms with Crippen molar-refractivity contribution >= 4 is 29.3 Å². The van der Waals surface area contributed by atoms with Gasteiger partial charge in [-0.3, -0.25) is 4.79 Å². The van der Waals surface area contributed by atoms with Crippen molar-refractivity contribution in [2.45, 2.75) is 32.7 Å². The van der Waals surface area contributed by atoms with Gasteiger partial charge in [-0.2, -0.15) is 0 Å². The van der Waals surface area contributed by atoms with Crippen molar-refractivity contribution in [1.82, 2.24) is 4.90 Å². The van der Waals surface area contributed by atoms with Crippen LogP contribution < -0.4 is 5.73 Å². The Morgan fingerprint density at radius 3 is 2.57 bits per heavy atom. The Morgan fingerprint density at radius 2 is 1.95 bits per heavy atom. The van der Waals surface area contributed by atoms with Crippen molar-refractivity contribution in [2.75, 3.05) is 13.1 Å². The number of halogens is 1. The maximum Gasteiger partial charge on any atom is 0.289 e. The molecule has 1 aliphatic rings. The second-order valence-electron chi connectivity index (χ2n) is 5.64. The van der Waals surface area contributed by atoms with Gasteiger partial charge >= 0.3 is 0 Å². The number of furan rings is 1. The van der Waals surface area contributed by atoms with Gasteiger partial charge in [0.05, 0.1) is 0 Å². The molecule has 2 heterocycles. The number of carbonyl (C=O) groups is 1. The van der Waals surface area contributed by atoms with Gasteiger partial charge in [0, 0.05) is 30.1 Å². The smallest absolute Gasteiger partial charge is 0.289 e. The van der Waals surface area contributed by atoms with Crippen molar-refractivity contribution in [3.05, 3.63) is 35.1 Å². The lowest BCUT2D eigenvalue weighted by atomic mass is 10.1. The number of piperidine rings is 1. The molecule has 0 spiro atoms. The summed E-state index contributed by atoms with van der Waals surface area (Å²) in [5.41, 5.74) is 8.70. The first-order valence-electron chi connectivity index (χ1n) is 7.11. The van der Waals surface area contributed by atoms with Crippen molar-refractivity contribution in [3.63, 3.8) is 0 Å². The molecule has 21 heavy (non-hydrogen) atoms. The number of hydrogen-bond donors (Lipinski definition) is 1. The average molecular weight is 309 g/mol. The molecule has 0 unspecified atom stereocenters. The van der Waals surface area contributed by atoms with Gasteiger partial charge in [-0.05, 0) is 32.3 Å². The molecular formula is C16H21ClN2O2. The summed E-state index contributed by atoms with van der Waals surface area (Å²) >= 11 is 0. The van der Waals surface area contributed by atoms with Crippen LogP contribution in [0.3, 0.4) is 0 Å². The zero-order valence-electron chi connectivity index (χ0n) is 12.4. The Hall–Kier alpha value is -1.52. The van der Waals surface area contributed by atoms with E-state index in [1.54, 1.807) is 0 Å². The molecule has 4 nitrogen and oxygen atoms in total. The molecule has 0 saturated carbocycles. The molecule has 1 amide bonds. The highest BCUT2D eigenvalue weighted by Crippen LogP contribution is 2.29. The molecule has 114 valence electrons. The Morgan fingerprint density at radius 1 is 1.29 bits per heavy atom. The second kappa shape index (κ2) is 6.08. The number of amides is 1. The van der Waals surface area contributed by atoms with Crippen LogP contribution in [-0.4, -0.2) is 29.9 Å². The van der Waals surface area contributed by atoms with Crippen LogP contribution in [-0.2, 0) is 0 Å². The summed E-state index contributed by atoms with van der Waals surface area (Å²) < 4.78 is 5.85. The lowest BCUT2D eigenvalue weighted by molar-refractivity contribution is 0.0684. The highest BCUT2D eigenvalue weighted by atomic mass is 35.5. The number of hydrogen-bond acceptors (Lipinski definition) is 3. The van der Waals surface area contributed by atoms with Crippen LogP contribution in [0.15, 0.2) is 22.6 Å². The normalized spacial score (nSPS) is 16.0. The summed E-state index contributed by atoms with van der Waals surface area (Å²) in [5.74, 6) is 0.467. The number of fused-ring (bicyclic) bond motifs is 1. The van der Waals surface area contributed by atoms with Crippen LogP contribution in [0.1, 0.15) is 34.5 Å². The van der Waals surface area contributed by atoms with Crippen LogP contribution in [0, 0.1) is 13.8 Å². The highest BCUT2D eigenvalue weighted by molar-refractivity contribution is 5.99. The van der Waals surface area contributed by atoms with Gasteiger partial charge < -0.3 is 15.1 Å². The van der Waals surface area contributed by atoms with Gasteiger partial charge in [0.1, 0.15) is 5.58 Å². The van der Waals surface area contributed by atoms with Crippen LogP contribution in [0.5, 0.6) is 0 Å². The van der Waals surface area contributed by atoms with Gasteiger partial charge in [0.25, 0.3) is 5.91 Å². The first kappa shape index (κ1) is 15.9. The number of aryl methyl sites for hydroxylation is 2. The third-order valence-electron chi connectivity index (χ3n) is 4.18. The number of rotatable bonds is 1. The third-order valence-corrected chi connectivity index (χ3v) is 4.18. The van der Waals surface area contributed by atoms with E-state index in [2.05, 4.69) is 0 Å². The summed E-state index contributed by atoms with van der Waals surface area (Å²) in [5, 5.41) is 1.03. The standard InChI is InChI=1S/C16H20N2O2.ClH/c1-10-4-3-5-13-11(2)15(20-14(10)13)16(19)18-8-6-12(17)7-9-18;/h3-5,12H,6-9,17H2,1-2H3;1H. The predicted octanol–water partition coefficient (Wildman–Crippen LogP) is 3.03. The number of likely N-dealkylation sites (tertiary alicyclic amines) is 1. The predicted molar refractivity (Wildman–Crippen MR) is 86.0 cm³/mol. The van der Waals surface area contributed by atoms with Gasteiger partial charge in [-0.1, -0.05) is 18.2 Å². The number of carbonyl (C=O) groups excluding carboxylic acids is 1. The van der Waals surface area contributed by atoms with Crippen LogP contribution in [0.25, 0.3) is 11.0 Å². The van der Waals surface area contributed by atoms with Gasteiger partial charge in [0.2, 0.25) is 0 Å². The SMILES string of the molecule is Cc1c(C(=O)N2CCC(N)CC2)oc2c(C)cccc12.Cl. The minimum absolute atomic E-state index is 0. The zero-order valence-corrected chi connectivity index (χ0v) is 13.2. The minimum atomic E-state index is -0.00926. The molecule has 1 aromatic carbocycles. The summed E-state index contributed by atoms with van der Waals surface area (Å²) in [6.45, 7) is 5.39. The Balaban J connectivity index is 0.00000161. The van der Waals surface area contributed by atoms with Gasteiger partial charge in [-0.25, -0.2) is 0 Å². The van der Waals surface area contributed by atoms with E-state index in [-0.39, 0.29) is 24.4 Å². The summed E-state index contributed by atoms with van der Waals surface area (Å²) in [4.78, 5) is 14.5. The van der Waals surface area contributed by atoms with Crippen molar-refractivity contribution in [3.8, 4) is 0 Å². The molecule has 1 fully saturated rings. The maximum absolute atomic E-state index is 12.6. The first-order chi connectivity index (χ1) is 9.58. The average Bonchev–Trinajstić information content (AvgIpc) is 2.78. The second-order valence-corrected chi connectivity index (χ2v) is 5.64. The largest absolute Gasteiger partial charge is 0.450 e.